The van der Waals surface area contributed by atoms with Crippen LogP contribution < -0.4 is 0 Å². The predicted octanol–water partition coefficient (Wildman–Crippen LogP) is 1.63. The summed E-state index contributed by atoms with van der Waals surface area (Å²) >= 11 is 0. The molecule has 3 unspecified atom stereocenters. The summed E-state index contributed by atoms with van der Waals surface area (Å²) in [6, 6.07) is 1.98. The first kappa shape index (κ1) is 13.0. The maximum atomic E-state index is 11.6. The Hall–Kier alpha value is -1.08. The average Bonchev–Trinajstić information content (AvgIpc) is 2.46. The van der Waals surface area contributed by atoms with E-state index in [2.05, 4.69) is 0 Å². The summed E-state index contributed by atoms with van der Waals surface area (Å²) in [6.07, 6.45) is 3.88. The van der Waals surface area contributed by atoms with E-state index < -0.39 is 18.0 Å². The van der Waals surface area contributed by atoms with Crippen LogP contribution in [0.1, 0.15) is 39.0 Å². The fraction of sp³-hybridized carbons (Fsp3) is 0.833. The Bertz CT molecular complexity index is 272. The standard InChI is InChI=1S/C12H19NO3/c1-2-16-12(15)10(8-13)9-6-4-3-5-7-11(9)14/h9-11,14H,2-7H2,1H3. The molecule has 0 aliphatic heterocycles. The average molecular weight is 225 g/mol. The Kier molecular flexibility index (Phi) is 5.27. The molecule has 0 amide bonds. The van der Waals surface area contributed by atoms with Crippen LogP contribution in [0.5, 0.6) is 0 Å². The summed E-state index contributed by atoms with van der Waals surface area (Å²) in [7, 11) is 0. The first-order valence-corrected chi connectivity index (χ1v) is 5.95. The van der Waals surface area contributed by atoms with Gasteiger partial charge in [0.1, 0.15) is 5.92 Å². The number of rotatable bonds is 3. The van der Waals surface area contributed by atoms with Crippen molar-refractivity contribution in [3.8, 4) is 6.07 Å². The van der Waals surface area contributed by atoms with Crippen molar-refractivity contribution in [2.24, 2.45) is 11.8 Å². The summed E-state index contributed by atoms with van der Waals surface area (Å²) in [5.41, 5.74) is 0. The number of nitriles is 1. The molecule has 3 atom stereocenters. The number of aliphatic hydroxyl groups excluding tert-OH is 1. The highest BCUT2D eigenvalue weighted by atomic mass is 16.5. The third-order valence-corrected chi connectivity index (χ3v) is 3.14. The lowest BCUT2D eigenvalue weighted by Gasteiger charge is -2.23. The van der Waals surface area contributed by atoms with E-state index in [-0.39, 0.29) is 12.5 Å². The third-order valence-electron chi connectivity index (χ3n) is 3.14. The van der Waals surface area contributed by atoms with Crippen LogP contribution in [0.25, 0.3) is 0 Å². The predicted molar refractivity (Wildman–Crippen MR) is 58.3 cm³/mol. The Labute approximate surface area is 96.2 Å². The van der Waals surface area contributed by atoms with Crippen LogP contribution >= 0.6 is 0 Å². The van der Waals surface area contributed by atoms with Gasteiger partial charge in [0.25, 0.3) is 0 Å². The normalized spacial score (nSPS) is 27.6. The van der Waals surface area contributed by atoms with E-state index in [1.54, 1.807) is 6.92 Å². The molecule has 0 spiro atoms. The molecule has 4 heteroatoms. The zero-order valence-corrected chi connectivity index (χ0v) is 9.69. The Morgan fingerprint density at radius 1 is 1.50 bits per heavy atom. The van der Waals surface area contributed by atoms with Crippen LogP contribution in [-0.4, -0.2) is 23.8 Å². The second-order valence-electron chi connectivity index (χ2n) is 4.23. The van der Waals surface area contributed by atoms with Crippen LogP contribution in [-0.2, 0) is 9.53 Å². The van der Waals surface area contributed by atoms with Crippen molar-refractivity contribution in [1.29, 1.82) is 5.26 Å². The highest BCUT2D eigenvalue weighted by molar-refractivity contribution is 5.75. The summed E-state index contributed by atoms with van der Waals surface area (Å²) in [4.78, 5) is 11.6. The minimum atomic E-state index is -0.812. The van der Waals surface area contributed by atoms with E-state index in [0.717, 1.165) is 25.7 Å². The maximum absolute atomic E-state index is 11.6. The van der Waals surface area contributed by atoms with Gasteiger partial charge in [-0.3, -0.25) is 4.79 Å². The van der Waals surface area contributed by atoms with Crippen LogP contribution in [0.15, 0.2) is 0 Å². The molecule has 1 aliphatic rings. The van der Waals surface area contributed by atoms with Gasteiger partial charge in [-0.15, -0.1) is 0 Å². The van der Waals surface area contributed by atoms with E-state index in [1.165, 1.54) is 0 Å². The van der Waals surface area contributed by atoms with Crippen molar-refractivity contribution in [2.45, 2.75) is 45.1 Å². The van der Waals surface area contributed by atoms with Gasteiger partial charge in [0.2, 0.25) is 0 Å². The molecule has 0 aromatic rings. The van der Waals surface area contributed by atoms with Crippen molar-refractivity contribution in [3.05, 3.63) is 0 Å². The van der Waals surface area contributed by atoms with Crippen LogP contribution in [0.2, 0.25) is 0 Å². The largest absolute Gasteiger partial charge is 0.465 e. The highest BCUT2D eigenvalue weighted by Crippen LogP contribution is 2.30. The lowest BCUT2D eigenvalue weighted by atomic mass is 9.85. The van der Waals surface area contributed by atoms with Crippen molar-refractivity contribution in [1.82, 2.24) is 0 Å². The van der Waals surface area contributed by atoms with Crippen molar-refractivity contribution in [2.75, 3.05) is 6.61 Å². The van der Waals surface area contributed by atoms with Gasteiger partial charge in [-0.25, -0.2) is 0 Å². The second-order valence-corrected chi connectivity index (χ2v) is 4.23. The number of aliphatic hydroxyl groups is 1. The number of hydrogen-bond donors (Lipinski definition) is 1. The molecule has 0 radical (unpaired) electrons. The molecule has 1 fully saturated rings. The monoisotopic (exact) mass is 225 g/mol. The highest BCUT2D eigenvalue weighted by Gasteiger charge is 2.35. The molecule has 0 aromatic carbocycles. The van der Waals surface area contributed by atoms with E-state index in [4.69, 9.17) is 10.00 Å². The molecule has 0 bridgehead atoms. The Morgan fingerprint density at radius 2 is 2.19 bits per heavy atom. The summed E-state index contributed by atoms with van der Waals surface area (Å²) in [6.45, 7) is 2.00. The fourth-order valence-electron chi connectivity index (χ4n) is 2.26. The number of nitrogens with zero attached hydrogens (tertiary/aromatic N) is 1. The summed E-state index contributed by atoms with van der Waals surface area (Å²) < 4.78 is 4.86. The summed E-state index contributed by atoms with van der Waals surface area (Å²) in [5, 5.41) is 18.9. The van der Waals surface area contributed by atoms with Crippen molar-refractivity contribution in [3.63, 3.8) is 0 Å². The number of ether oxygens (including phenoxy) is 1. The molecule has 0 heterocycles. The first-order valence-electron chi connectivity index (χ1n) is 5.95. The van der Waals surface area contributed by atoms with Crippen molar-refractivity contribution < 1.29 is 14.6 Å². The molecule has 0 saturated heterocycles. The molecule has 1 rings (SSSR count). The molecule has 4 nitrogen and oxygen atoms in total. The number of hydrogen-bond acceptors (Lipinski definition) is 4. The van der Waals surface area contributed by atoms with Crippen molar-refractivity contribution >= 4 is 5.97 Å². The Morgan fingerprint density at radius 3 is 2.81 bits per heavy atom. The lowest BCUT2D eigenvalue weighted by molar-refractivity contribution is -0.149. The molecular formula is C12H19NO3. The SMILES string of the molecule is CCOC(=O)C(C#N)C1CCCCCC1O. The van der Waals surface area contributed by atoms with Gasteiger partial charge in [0.05, 0.1) is 18.8 Å². The third kappa shape index (κ3) is 3.21. The van der Waals surface area contributed by atoms with Crippen LogP contribution in [0, 0.1) is 23.2 Å². The summed E-state index contributed by atoms with van der Waals surface area (Å²) in [5.74, 6) is -1.56. The number of carbonyl (C=O) groups is 1. The topological polar surface area (TPSA) is 70.3 Å². The van der Waals surface area contributed by atoms with Crippen LogP contribution in [0.4, 0.5) is 0 Å². The molecular weight excluding hydrogens is 206 g/mol. The van der Waals surface area contributed by atoms with E-state index in [1.807, 2.05) is 6.07 Å². The molecule has 1 N–H and O–H groups in total. The number of esters is 1. The van der Waals surface area contributed by atoms with E-state index in [9.17, 15) is 9.90 Å². The van der Waals surface area contributed by atoms with E-state index in [0.29, 0.717) is 6.42 Å². The van der Waals surface area contributed by atoms with Gasteiger partial charge in [-0.2, -0.15) is 5.26 Å². The van der Waals surface area contributed by atoms with Gasteiger partial charge >= 0.3 is 5.97 Å². The zero-order valence-electron chi connectivity index (χ0n) is 9.69. The van der Waals surface area contributed by atoms with Gasteiger partial charge in [-0.1, -0.05) is 19.3 Å². The first-order chi connectivity index (χ1) is 7.70. The van der Waals surface area contributed by atoms with Gasteiger partial charge in [0, 0.05) is 5.92 Å². The molecule has 1 saturated carbocycles. The molecule has 16 heavy (non-hydrogen) atoms. The van der Waals surface area contributed by atoms with Crippen LogP contribution in [0.3, 0.4) is 0 Å². The smallest absolute Gasteiger partial charge is 0.323 e. The van der Waals surface area contributed by atoms with E-state index >= 15 is 0 Å². The molecule has 90 valence electrons. The lowest BCUT2D eigenvalue weighted by Crippen LogP contribution is -2.32. The molecule has 1 aliphatic carbocycles. The van der Waals surface area contributed by atoms with Gasteiger partial charge < -0.3 is 9.84 Å². The van der Waals surface area contributed by atoms with Gasteiger partial charge in [0.15, 0.2) is 0 Å². The maximum Gasteiger partial charge on any atom is 0.323 e. The quantitative estimate of drug-likeness (QED) is 0.585. The zero-order chi connectivity index (χ0) is 12.0. The minimum Gasteiger partial charge on any atom is -0.465 e. The minimum absolute atomic E-state index is 0.258. The Balaban J connectivity index is 2.69. The number of carbonyl (C=O) groups excluding carboxylic acids is 1. The van der Waals surface area contributed by atoms with Gasteiger partial charge in [-0.05, 0) is 19.8 Å². The second kappa shape index (κ2) is 6.49. The molecule has 0 aromatic heterocycles. The fourth-order valence-corrected chi connectivity index (χ4v) is 2.26.